The summed E-state index contributed by atoms with van der Waals surface area (Å²) in [5.41, 5.74) is 14.2. The smallest absolute Gasteiger partial charge is 0.0658 e. The van der Waals surface area contributed by atoms with Gasteiger partial charge in [-0.05, 0) is 110 Å². The fourth-order valence-corrected chi connectivity index (χ4v) is 4.49. The van der Waals surface area contributed by atoms with E-state index in [2.05, 4.69) is 104 Å². The van der Waals surface area contributed by atoms with Crippen LogP contribution in [0.25, 0.3) is 57.5 Å². The summed E-state index contributed by atoms with van der Waals surface area (Å²) >= 11 is 0. The van der Waals surface area contributed by atoms with Crippen LogP contribution in [0.3, 0.4) is 0 Å². The predicted molar refractivity (Wildman–Crippen MR) is 139 cm³/mol. The molecule has 0 amide bonds. The normalized spacial score (nSPS) is 12.1. The van der Waals surface area contributed by atoms with Crippen LogP contribution < -0.4 is 0 Å². The minimum absolute atomic E-state index is 0. The molecular weight excluding hydrogens is 463 g/mol. The number of nitrogens with one attached hydrogen (secondary N) is 2. The van der Waals surface area contributed by atoms with Crippen molar-refractivity contribution in [2.24, 2.45) is 0 Å². The molecule has 2 N–H and O–H groups in total. The van der Waals surface area contributed by atoms with Crippen molar-refractivity contribution >= 4 is 46.4 Å². The first-order valence-electron chi connectivity index (χ1n) is 11.2. The van der Waals surface area contributed by atoms with Gasteiger partial charge in [-0.2, -0.15) is 0 Å². The van der Waals surface area contributed by atoms with Gasteiger partial charge >= 0.3 is 0 Å². The van der Waals surface area contributed by atoms with Gasteiger partial charge in [0.05, 0.1) is 22.8 Å². The molecule has 3 aromatic heterocycles. The second kappa shape index (κ2) is 8.59. The quantitative estimate of drug-likeness (QED) is 0.257. The summed E-state index contributed by atoms with van der Waals surface area (Å²) in [6.07, 6.45) is 8.21. The largest absolute Gasteiger partial charge is 0.355 e. The number of H-pyrrole nitrogens is 2. The van der Waals surface area contributed by atoms with Crippen LogP contribution in [-0.4, -0.2) is 19.9 Å². The van der Waals surface area contributed by atoms with E-state index in [-0.39, 0.29) is 16.8 Å². The molecule has 4 aromatic rings. The number of hydrogen-bond donors (Lipinski definition) is 2. The summed E-state index contributed by atoms with van der Waals surface area (Å²) in [6.45, 7) is 6.56. The Kier molecular flexibility index (Phi) is 5.60. The van der Waals surface area contributed by atoms with Crippen molar-refractivity contribution in [3.05, 3.63) is 94.1 Å². The van der Waals surface area contributed by atoms with Crippen LogP contribution in [0.15, 0.2) is 54.6 Å². The van der Waals surface area contributed by atoms with E-state index in [1.165, 1.54) is 27.8 Å². The van der Waals surface area contributed by atoms with Gasteiger partial charge in [0.25, 0.3) is 0 Å². The standard InChI is InChI=1S/C29H24N4.Co/c1-17-4-11-27(19(3)18(17)2)28-15-26-14-24-8-7-22(31-24)12-20-5-6-21(30-20)13-23-9-10-25(32-23)16-29(28)33-26;/h4-16,30,33H,1-3H3;. The number of aromatic nitrogens is 4. The third-order valence-electron chi connectivity index (χ3n) is 6.52. The zero-order valence-electron chi connectivity index (χ0n) is 19.2. The van der Waals surface area contributed by atoms with Gasteiger partial charge in [-0.3, -0.25) is 0 Å². The number of rotatable bonds is 1. The first-order valence-corrected chi connectivity index (χ1v) is 11.2. The van der Waals surface area contributed by atoms with Gasteiger partial charge < -0.3 is 9.97 Å². The van der Waals surface area contributed by atoms with Gasteiger partial charge in [-0.15, -0.1) is 0 Å². The summed E-state index contributed by atoms with van der Waals surface area (Å²) in [6, 6.07) is 19.1. The predicted octanol–water partition coefficient (Wildman–Crippen LogP) is 7.25. The van der Waals surface area contributed by atoms with Crippen LogP contribution in [-0.2, 0) is 16.8 Å². The molecule has 2 aliphatic heterocycles. The van der Waals surface area contributed by atoms with Gasteiger partial charge in [0.2, 0.25) is 0 Å². The summed E-state index contributed by atoms with van der Waals surface area (Å²) < 4.78 is 0. The fraction of sp³-hybridized carbons (Fsp3) is 0.103. The molecule has 4 nitrogen and oxygen atoms in total. The van der Waals surface area contributed by atoms with Crippen LogP contribution in [0.4, 0.5) is 0 Å². The van der Waals surface area contributed by atoms with E-state index in [1.54, 1.807) is 0 Å². The minimum Gasteiger partial charge on any atom is -0.355 e. The average molecular weight is 487 g/mol. The molecule has 6 rings (SSSR count). The van der Waals surface area contributed by atoms with Gasteiger partial charge in [-0.25, -0.2) is 9.97 Å². The molecule has 0 saturated carbocycles. The first-order chi connectivity index (χ1) is 16.0. The van der Waals surface area contributed by atoms with E-state index in [0.29, 0.717) is 0 Å². The monoisotopic (exact) mass is 487 g/mol. The van der Waals surface area contributed by atoms with E-state index >= 15 is 0 Å². The van der Waals surface area contributed by atoms with Crippen molar-refractivity contribution in [3.8, 4) is 11.1 Å². The van der Waals surface area contributed by atoms with E-state index in [4.69, 9.17) is 9.97 Å². The summed E-state index contributed by atoms with van der Waals surface area (Å²) in [4.78, 5) is 16.6. The van der Waals surface area contributed by atoms with E-state index in [0.717, 1.165) is 44.8 Å². The van der Waals surface area contributed by atoms with Crippen molar-refractivity contribution in [2.75, 3.05) is 0 Å². The van der Waals surface area contributed by atoms with E-state index in [1.807, 2.05) is 6.08 Å². The molecule has 0 saturated heterocycles. The van der Waals surface area contributed by atoms with Crippen molar-refractivity contribution < 1.29 is 16.8 Å². The van der Waals surface area contributed by atoms with Gasteiger partial charge in [-0.1, -0.05) is 12.1 Å². The topological polar surface area (TPSA) is 57.4 Å². The molecule has 0 fully saturated rings. The second-order valence-electron chi connectivity index (χ2n) is 8.77. The second-order valence-corrected chi connectivity index (χ2v) is 8.77. The maximum atomic E-state index is 4.82. The Hall–Kier alpha value is -3.67. The third-order valence-corrected chi connectivity index (χ3v) is 6.52. The molecule has 5 heterocycles. The Bertz CT molecular complexity index is 1650. The molecule has 8 bridgehead atoms. The number of hydrogen-bond acceptors (Lipinski definition) is 2. The summed E-state index contributed by atoms with van der Waals surface area (Å²) in [5, 5.41) is 0. The third kappa shape index (κ3) is 4.04. The van der Waals surface area contributed by atoms with Crippen molar-refractivity contribution in [1.82, 2.24) is 19.9 Å². The molecular formula is C29H24CoN4. The molecule has 1 radical (unpaired) electrons. The fourth-order valence-electron chi connectivity index (χ4n) is 4.49. The van der Waals surface area contributed by atoms with Crippen molar-refractivity contribution in [1.29, 1.82) is 0 Å². The van der Waals surface area contributed by atoms with E-state index < -0.39 is 0 Å². The molecule has 1 aromatic carbocycles. The number of aromatic amines is 2. The SMILES string of the molecule is Cc1ccc(-c2cc3cc4nc(cc5ccc(cc6nc(cc2[nH]3)C=C6)[nH]5)C=C4)c(C)c1C.[Co]. The van der Waals surface area contributed by atoms with Crippen LogP contribution in [0.1, 0.15) is 39.5 Å². The Labute approximate surface area is 208 Å². The zero-order chi connectivity index (χ0) is 22.5. The van der Waals surface area contributed by atoms with Gasteiger partial charge in [0, 0.05) is 44.4 Å². The van der Waals surface area contributed by atoms with Gasteiger partial charge in [0.1, 0.15) is 0 Å². The average Bonchev–Trinajstić information content (AvgIpc) is 3.58. The minimum atomic E-state index is 0. The number of nitrogens with zero attached hydrogens (tertiary/aromatic N) is 2. The van der Waals surface area contributed by atoms with Crippen molar-refractivity contribution in [3.63, 3.8) is 0 Å². The molecule has 34 heavy (non-hydrogen) atoms. The Balaban J connectivity index is 0.00000241. The zero-order valence-corrected chi connectivity index (χ0v) is 20.3. The Morgan fingerprint density at radius 1 is 0.529 bits per heavy atom. The Morgan fingerprint density at radius 2 is 1.09 bits per heavy atom. The maximum Gasteiger partial charge on any atom is 0.0658 e. The summed E-state index contributed by atoms with van der Waals surface area (Å²) in [7, 11) is 0. The Morgan fingerprint density at radius 3 is 1.71 bits per heavy atom. The number of benzene rings is 1. The van der Waals surface area contributed by atoms with Crippen LogP contribution >= 0.6 is 0 Å². The number of aryl methyl sites for hydroxylation is 1. The molecule has 169 valence electrons. The van der Waals surface area contributed by atoms with Crippen LogP contribution in [0.5, 0.6) is 0 Å². The molecule has 0 aliphatic carbocycles. The van der Waals surface area contributed by atoms with Gasteiger partial charge in [0.15, 0.2) is 0 Å². The van der Waals surface area contributed by atoms with Crippen LogP contribution in [0, 0.1) is 20.8 Å². The first kappa shape index (κ1) is 22.1. The number of fused-ring (bicyclic) bond motifs is 8. The molecule has 5 heteroatoms. The molecule has 0 spiro atoms. The van der Waals surface area contributed by atoms with Crippen LogP contribution in [0.2, 0.25) is 0 Å². The van der Waals surface area contributed by atoms with Crippen molar-refractivity contribution in [2.45, 2.75) is 20.8 Å². The molecule has 0 atom stereocenters. The maximum absolute atomic E-state index is 4.82. The molecule has 2 aliphatic rings. The van der Waals surface area contributed by atoms with E-state index in [9.17, 15) is 0 Å². The molecule has 0 unspecified atom stereocenters. The summed E-state index contributed by atoms with van der Waals surface area (Å²) in [5.74, 6) is 0.